The minimum absolute atomic E-state index is 0.253. The van der Waals surface area contributed by atoms with E-state index in [-0.39, 0.29) is 5.91 Å². The number of carbonyl (C=O) groups is 2. The SMILES string of the molecule is Cn1ccnc1C(NC(=O)C1CCN(c2ccccc2Br)C1=O)c1cccc(F)c1. The summed E-state index contributed by atoms with van der Waals surface area (Å²) in [5.41, 5.74) is 1.30. The Morgan fingerprint density at radius 1 is 1.27 bits per heavy atom. The third-order valence-electron chi connectivity index (χ3n) is 5.25. The highest BCUT2D eigenvalue weighted by Gasteiger charge is 2.39. The van der Waals surface area contributed by atoms with Gasteiger partial charge in [-0.15, -0.1) is 0 Å². The predicted octanol–water partition coefficient (Wildman–Crippen LogP) is 3.58. The fourth-order valence-electron chi connectivity index (χ4n) is 3.71. The largest absolute Gasteiger partial charge is 0.341 e. The third kappa shape index (κ3) is 3.87. The molecule has 1 aliphatic heterocycles. The number of carbonyl (C=O) groups excluding carboxylic acids is 2. The molecule has 2 heterocycles. The molecule has 154 valence electrons. The average molecular weight is 471 g/mol. The predicted molar refractivity (Wildman–Crippen MR) is 114 cm³/mol. The van der Waals surface area contributed by atoms with Crippen LogP contribution in [0, 0.1) is 11.7 Å². The van der Waals surface area contributed by atoms with Gasteiger partial charge in [-0.2, -0.15) is 0 Å². The summed E-state index contributed by atoms with van der Waals surface area (Å²) >= 11 is 3.46. The second-order valence-electron chi connectivity index (χ2n) is 7.18. The van der Waals surface area contributed by atoms with Crippen LogP contribution in [-0.4, -0.2) is 27.9 Å². The van der Waals surface area contributed by atoms with Crippen molar-refractivity contribution in [3.05, 3.63) is 82.6 Å². The summed E-state index contributed by atoms with van der Waals surface area (Å²) in [6, 6.07) is 12.8. The number of hydrogen-bond acceptors (Lipinski definition) is 3. The zero-order valence-corrected chi connectivity index (χ0v) is 17.8. The standard InChI is InChI=1S/C22H20BrFN4O2/c1-27-12-10-25-20(27)19(14-5-4-6-15(24)13-14)26-21(29)16-9-11-28(22(16)30)18-8-3-2-7-17(18)23/h2-8,10,12-13,16,19H,9,11H2,1H3,(H,26,29). The smallest absolute Gasteiger partial charge is 0.239 e. The average Bonchev–Trinajstić information content (AvgIpc) is 3.32. The Hall–Kier alpha value is -3.00. The van der Waals surface area contributed by atoms with Gasteiger partial charge in [0, 0.05) is 30.5 Å². The number of para-hydroxylation sites is 1. The maximum absolute atomic E-state index is 13.8. The molecule has 1 fully saturated rings. The van der Waals surface area contributed by atoms with E-state index in [9.17, 15) is 14.0 Å². The fraction of sp³-hybridized carbons (Fsp3) is 0.227. The van der Waals surface area contributed by atoms with Gasteiger partial charge in [-0.3, -0.25) is 9.59 Å². The molecule has 0 radical (unpaired) electrons. The second-order valence-corrected chi connectivity index (χ2v) is 8.03. The summed E-state index contributed by atoms with van der Waals surface area (Å²) in [5.74, 6) is -1.31. The van der Waals surface area contributed by atoms with Crippen LogP contribution >= 0.6 is 15.9 Å². The number of nitrogens with one attached hydrogen (secondary N) is 1. The van der Waals surface area contributed by atoms with E-state index >= 15 is 0 Å². The Morgan fingerprint density at radius 3 is 2.77 bits per heavy atom. The van der Waals surface area contributed by atoms with Crippen molar-refractivity contribution in [2.24, 2.45) is 13.0 Å². The van der Waals surface area contributed by atoms with Gasteiger partial charge in [-0.05, 0) is 52.2 Å². The number of aryl methyl sites for hydroxylation is 1. The van der Waals surface area contributed by atoms with Gasteiger partial charge in [0.15, 0.2) is 0 Å². The van der Waals surface area contributed by atoms with Crippen LogP contribution < -0.4 is 10.2 Å². The molecule has 1 saturated heterocycles. The molecule has 0 bridgehead atoms. The number of amides is 2. The zero-order valence-electron chi connectivity index (χ0n) is 16.3. The summed E-state index contributed by atoms with van der Waals surface area (Å²) in [4.78, 5) is 32.0. The minimum atomic E-state index is -0.812. The summed E-state index contributed by atoms with van der Waals surface area (Å²) in [5, 5.41) is 2.91. The number of hydrogen-bond donors (Lipinski definition) is 1. The maximum Gasteiger partial charge on any atom is 0.239 e. The highest BCUT2D eigenvalue weighted by molar-refractivity contribution is 9.10. The number of rotatable bonds is 5. The Morgan fingerprint density at radius 2 is 2.07 bits per heavy atom. The zero-order chi connectivity index (χ0) is 21.3. The van der Waals surface area contributed by atoms with Crippen LogP contribution in [-0.2, 0) is 16.6 Å². The van der Waals surface area contributed by atoms with Gasteiger partial charge < -0.3 is 14.8 Å². The molecule has 0 spiro atoms. The topological polar surface area (TPSA) is 67.2 Å². The van der Waals surface area contributed by atoms with Gasteiger partial charge in [-0.1, -0.05) is 24.3 Å². The molecule has 0 saturated carbocycles. The molecule has 2 amide bonds. The number of imidazole rings is 1. The number of aromatic nitrogens is 2. The highest BCUT2D eigenvalue weighted by Crippen LogP contribution is 2.32. The molecule has 1 N–H and O–H groups in total. The van der Waals surface area contributed by atoms with Crippen molar-refractivity contribution in [2.45, 2.75) is 12.5 Å². The first-order valence-electron chi connectivity index (χ1n) is 9.54. The van der Waals surface area contributed by atoms with Crippen molar-refractivity contribution in [1.82, 2.24) is 14.9 Å². The molecule has 2 atom stereocenters. The lowest BCUT2D eigenvalue weighted by Gasteiger charge is -2.22. The van der Waals surface area contributed by atoms with Gasteiger partial charge in [0.25, 0.3) is 0 Å². The molecule has 3 aromatic rings. The van der Waals surface area contributed by atoms with Gasteiger partial charge in [-0.25, -0.2) is 9.37 Å². The third-order valence-corrected chi connectivity index (χ3v) is 5.92. The molecule has 4 rings (SSSR count). The van der Waals surface area contributed by atoms with E-state index in [1.807, 2.05) is 24.3 Å². The number of nitrogens with zero attached hydrogens (tertiary/aromatic N) is 3. The van der Waals surface area contributed by atoms with E-state index < -0.39 is 23.7 Å². The summed E-state index contributed by atoms with van der Waals surface area (Å²) in [7, 11) is 1.80. The van der Waals surface area contributed by atoms with Crippen LogP contribution in [0.5, 0.6) is 0 Å². The molecule has 2 aromatic carbocycles. The van der Waals surface area contributed by atoms with E-state index in [4.69, 9.17) is 0 Å². The molecule has 8 heteroatoms. The van der Waals surface area contributed by atoms with Crippen molar-refractivity contribution >= 4 is 33.4 Å². The minimum Gasteiger partial charge on any atom is -0.341 e. The highest BCUT2D eigenvalue weighted by atomic mass is 79.9. The normalized spacial score (nSPS) is 17.2. The molecule has 0 aliphatic carbocycles. The maximum atomic E-state index is 13.8. The van der Waals surface area contributed by atoms with Crippen molar-refractivity contribution < 1.29 is 14.0 Å². The Bertz CT molecular complexity index is 1100. The van der Waals surface area contributed by atoms with Crippen LogP contribution in [0.3, 0.4) is 0 Å². The van der Waals surface area contributed by atoms with Crippen LogP contribution in [0.25, 0.3) is 0 Å². The summed E-state index contributed by atoms with van der Waals surface area (Å²) in [6.07, 6.45) is 3.77. The molecule has 2 unspecified atom stereocenters. The fourth-order valence-corrected chi connectivity index (χ4v) is 4.21. The van der Waals surface area contributed by atoms with E-state index in [1.165, 1.54) is 12.1 Å². The summed E-state index contributed by atoms with van der Waals surface area (Å²) < 4.78 is 16.4. The van der Waals surface area contributed by atoms with Crippen molar-refractivity contribution in [2.75, 3.05) is 11.4 Å². The lowest BCUT2D eigenvalue weighted by Crippen LogP contribution is -2.39. The van der Waals surface area contributed by atoms with E-state index in [1.54, 1.807) is 41.0 Å². The van der Waals surface area contributed by atoms with Crippen LogP contribution in [0.2, 0.25) is 0 Å². The first-order chi connectivity index (χ1) is 14.5. The molecular formula is C22H20BrFN4O2. The van der Waals surface area contributed by atoms with Crippen molar-refractivity contribution in [3.63, 3.8) is 0 Å². The van der Waals surface area contributed by atoms with E-state index in [0.29, 0.717) is 24.4 Å². The van der Waals surface area contributed by atoms with Crippen molar-refractivity contribution in [1.29, 1.82) is 0 Å². The number of halogens is 2. The molecular weight excluding hydrogens is 451 g/mol. The number of benzene rings is 2. The Kier molecular flexibility index (Phi) is 5.67. The van der Waals surface area contributed by atoms with E-state index in [0.717, 1.165) is 10.2 Å². The number of anilines is 1. The molecule has 1 aliphatic rings. The van der Waals surface area contributed by atoms with Gasteiger partial charge in [0.2, 0.25) is 11.8 Å². The van der Waals surface area contributed by atoms with E-state index in [2.05, 4.69) is 26.2 Å². The lowest BCUT2D eigenvalue weighted by molar-refractivity contribution is -0.132. The van der Waals surface area contributed by atoms with Crippen molar-refractivity contribution in [3.8, 4) is 0 Å². The molecule has 30 heavy (non-hydrogen) atoms. The second kappa shape index (κ2) is 8.39. The molecule has 6 nitrogen and oxygen atoms in total. The first-order valence-corrected chi connectivity index (χ1v) is 10.3. The van der Waals surface area contributed by atoms with Crippen LogP contribution in [0.4, 0.5) is 10.1 Å². The lowest BCUT2D eigenvalue weighted by atomic mass is 10.0. The molecule has 1 aromatic heterocycles. The van der Waals surface area contributed by atoms with Gasteiger partial charge in [0.1, 0.15) is 23.6 Å². The van der Waals surface area contributed by atoms with Crippen LogP contribution in [0.15, 0.2) is 65.4 Å². The Labute approximate surface area is 181 Å². The quantitative estimate of drug-likeness (QED) is 0.579. The Balaban J connectivity index is 1.58. The van der Waals surface area contributed by atoms with Gasteiger partial charge >= 0.3 is 0 Å². The monoisotopic (exact) mass is 470 g/mol. The first kappa shape index (κ1) is 20.3. The summed E-state index contributed by atoms with van der Waals surface area (Å²) in [6.45, 7) is 0.451. The van der Waals surface area contributed by atoms with Gasteiger partial charge in [0.05, 0.1) is 5.69 Å². The van der Waals surface area contributed by atoms with Crippen LogP contribution in [0.1, 0.15) is 23.9 Å².